The van der Waals surface area contributed by atoms with Gasteiger partial charge in [0.05, 0.1) is 26.5 Å². The molecule has 1 N–H and O–H groups in total. The van der Waals surface area contributed by atoms with Gasteiger partial charge in [0.25, 0.3) is 11.5 Å². The summed E-state index contributed by atoms with van der Waals surface area (Å²) >= 11 is 0. The number of rotatable bonds is 7. The maximum atomic E-state index is 13.2. The summed E-state index contributed by atoms with van der Waals surface area (Å²) in [6.45, 7) is 2.52. The number of carbonyl (C=O) groups is 1. The average Bonchev–Trinajstić information content (AvgIpc) is 3.33. The van der Waals surface area contributed by atoms with Crippen LogP contribution in [0.5, 0.6) is 11.5 Å². The molecule has 0 aliphatic rings. The zero-order valence-corrected chi connectivity index (χ0v) is 17.3. The second kappa shape index (κ2) is 8.79. The van der Waals surface area contributed by atoms with E-state index >= 15 is 0 Å². The first kappa shape index (κ1) is 20.3. The number of furan rings is 1. The number of amides is 1. The minimum Gasteiger partial charge on any atom is -0.497 e. The molecule has 31 heavy (non-hydrogen) atoms. The minimum atomic E-state index is -0.348. The first-order valence-corrected chi connectivity index (χ1v) is 9.87. The van der Waals surface area contributed by atoms with E-state index in [1.807, 2.05) is 13.0 Å². The number of benzene rings is 2. The first-order chi connectivity index (χ1) is 15.1. The quantitative estimate of drug-likeness (QED) is 0.482. The van der Waals surface area contributed by atoms with E-state index in [2.05, 4.69) is 4.98 Å². The monoisotopic (exact) mass is 418 g/mol. The summed E-state index contributed by atoms with van der Waals surface area (Å²) in [6.07, 6.45) is 1.44. The second-order valence-electron chi connectivity index (χ2n) is 6.87. The Morgan fingerprint density at radius 2 is 1.84 bits per heavy atom. The molecular formula is C24H22N2O5. The van der Waals surface area contributed by atoms with Crippen molar-refractivity contribution in [1.82, 2.24) is 4.98 Å². The molecule has 0 saturated heterocycles. The highest BCUT2D eigenvalue weighted by molar-refractivity contribution is 6.04. The van der Waals surface area contributed by atoms with Crippen molar-refractivity contribution < 1.29 is 18.7 Å². The van der Waals surface area contributed by atoms with E-state index in [1.165, 1.54) is 11.2 Å². The van der Waals surface area contributed by atoms with Crippen LogP contribution in [0, 0.1) is 0 Å². The molecule has 0 unspecified atom stereocenters. The fourth-order valence-electron chi connectivity index (χ4n) is 3.35. The molecule has 0 atom stereocenters. The molecule has 0 bridgehead atoms. The third-order valence-corrected chi connectivity index (χ3v) is 4.89. The van der Waals surface area contributed by atoms with Crippen LogP contribution in [0.4, 0.5) is 5.69 Å². The van der Waals surface area contributed by atoms with Crippen LogP contribution >= 0.6 is 0 Å². The maximum Gasteiger partial charge on any atom is 0.294 e. The van der Waals surface area contributed by atoms with Crippen molar-refractivity contribution in [2.24, 2.45) is 0 Å². The SMILES string of the molecule is CCOc1ccc(N(Cc2cc3cc(OC)ccc3[nH]c2=O)C(=O)c2ccco2)cc1. The zero-order chi connectivity index (χ0) is 21.8. The number of anilines is 1. The van der Waals surface area contributed by atoms with E-state index in [9.17, 15) is 9.59 Å². The van der Waals surface area contributed by atoms with E-state index in [4.69, 9.17) is 13.9 Å². The molecule has 4 rings (SSSR count). The standard InChI is InChI=1S/C24H22N2O5/c1-3-30-19-8-6-18(7-9-19)26(24(28)22-5-4-12-31-22)15-17-13-16-14-20(29-2)10-11-21(16)25-23(17)27/h4-14H,3,15H2,1-2H3,(H,25,27). The number of hydrogen-bond acceptors (Lipinski definition) is 5. The number of pyridine rings is 1. The van der Waals surface area contributed by atoms with Gasteiger partial charge in [-0.25, -0.2) is 0 Å². The van der Waals surface area contributed by atoms with Crippen LogP contribution in [-0.4, -0.2) is 24.6 Å². The van der Waals surface area contributed by atoms with Crippen LogP contribution in [0.3, 0.4) is 0 Å². The number of ether oxygens (including phenoxy) is 2. The molecular weight excluding hydrogens is 396 g/mol. The molecule has 0 aliphatic carbocycles. The van der Waals surface area contributed by atoms with Gasteiger partial charge in [-0.3, -0.25) is 9.59 Å². The van der Waals surface area contributed by atoms with Gasteiger partial charge in [-0.15, -0.1) is 0 Å². The first-order valence-electron chi connectivity index (χ1n) is 9.87. The molecule has 2 aromatic carbocycles. The van der Waals surface area contributed by atoms with Crippen molar-refractivity contribution in [3.05, 3.63) is 88.6 Å². The summed E-state index contributed by atoms with van der Waals surface area (Å²) < 4.78 is 16.1. The number of nitrogens with one attached hydrogen (secondary N) is 1. The van der Waals surface area contributed by atoms with Gasteiger partial charge < -0.3 is 23.8 Å². The van der Waals surface area contributed by atoms with E-state index in [1.54, 1.807) is 61.7 Å². The van der Waals surface area contributed by atoms with E-state index in [-0.39, 0.29) is 23.8 Å². The van der Waals surface area contributed by atoms with Crippen LogP contribution < -0.4 is 19.9 Å². The van der Waals surface area contributed by atoms with Crippen LogP contribution in [0.2, 0.25) is 0 Å². The Morgan fingerprint density at radius 1 is 1.06 bits per heavy atom. The van der Waals surface area contributed by atoms with Crippen molar-refractivity contribution in [3.8, 4) is 11.5 Å². The molecule has 0 fully saturated rings. The Bertz CT molecular complexity index is 1240. The molecule has 4 aromatic rings. The number of aromatic nitrogens is 1. The summed E-state index contributed by atoms with van der Waals surface area (Å²) in [4.78, 5) is 30.3. The van der Waals surface area contributed by atoms with Gasteiger partial charge >= 0.3 is 0 Å². The molecule has 0 radical (unpaired) electrons. The lowest BCUT2D eigenvalue weighted by molar-refractivity contribution is 0.0958. The summed E-state index contributed by atoms with van der Waals surface area (Å²) in [5, 5.41) is 0.811. The molecule has 0 spiro atoms. The van der Waals surface area contributed by atoms with Crippen LogP contribution in [0.1, 0.15) is 23.0 Å². The minimum absolute atomic E-state index is 0.0655. The van der Waals surface area contributed by atoms with Crippen LogP contribution in [-0.2, 0) is 6.54 Å². The Balaban J connectivity index is 1.74. The number of carbonyl (C=O) groups excluding carboxylic acids is 1. The lowest BCUT2D eigenvalue weighted by atomic mass is 10.1. The van der Waals surface area contributed by atoms with Gasteiger partial charge in [0.1, 0.15) is 11.5 Å². The number of H-pyrrole nitrogens is 1. The largest absolute Gasteiger partial charge is 0.497 e. The van der Waals surface area contributed by atoms with Gasteiger partial charge in [0, 0.05) is 22.2 Å². The zero-order valence-electron chi connectivity index (χ0n) is 17.3. The number of methoxy groups -OCH3 is 1. The molecule has 7 heteroatoms. The lowest BCUT2D eigenvalue weighted by Gasteiger charge is -2.22. The van der Waals surface area contributed by atoms with Gasteiger partial charge in [0.15, 0.2) is 5.76 Å². The van der Waals surface area contributed by atoms with Gasteiger partial charge in [-0.05, 0) is 67.6 Å². The Labute approximate surface area is 178 Å². The third kappa shape index (κ3) is 4.30. The number of nitrogens with zero attached hydrogens (tertiary/aromatic N) is 1. The average molecular weight is 418 g/mol. The smallest absolute Gasteiger partial charge is 0.294 e. The molecule has 2 heterocycles. The van der Waals surface area contributed by atoms with E-state index in [0.717, 1.165) is 5.39 Å². The van der Waals surface area contributed by atoms with Crippen LogP contribution in [0.15, 0.2) is 76.1 Å². The van der Waals surface area contributed by atoms with Crippen LogP contribution in [0.25, 0.3) is 10.9 Å². The van der Waals surface area contributed by atoms with Gasteiger partial charge in [-0.1, -0.05) is 0 Å². The Kier molecular flexibility index (Phi) is 5.75. The van der Waals surface area contributed by atoms with Crippen molar-refractivity contribution in [2.75, 3.05) is 18.6 Å². The van der Waals surface area contributed by atoms with E-state index in [0.29, 0.717) is 34.9 Å². The number of fused-ring (bicyclic) bond motifs is 1. The molecule has 158 valence electrons. The van der Waals surface area contributed by atoms with E-state index < -0.39 is 0 Å². The highest BCUT2D eigenvalue weighted by atomic mass is 16.5. The summed E-state index contributed by atoms with van der Waals surface area (Å²) in [7, 11) is 1.59. The van der Waals surface area contributed by atoms with Crippen molar-refractivity contribution in [2.45, 2.75) is 13.5 Å². The highest BCUT2D eigenvalue weighted by Crippen LogP contribution is 2.24. The third-order valence-electron chi connectivity index (χ3n) is 4.89. The van der Waals surface area contributed by atoms with Crippen molar-refractivity contribution in [1.29, 1.82) is 0 Å². The Hall–Kier alpha value is -4.00. The number of hydrogen-bond donors (Lipinski definition) is 1. The predicted molar refractivity (Wildman–Crippen MR) is 118 cm³/mol. The molecule has 1 amide bonds. The normalized spacial score (nSPS) is 10.8. The molecule has 0 saturated carbocycles. The summed E-state index contributed by atoms with van der Waals surface area (Å²) in [5.74, 6) is 1.22. The summed E-state index contributed by atoms with van der Waals surface area (Å²) in [5.41, 5.74) is 1.49. The highest BCUT2D eigenvalue weighted by Gasteiger charge is 2.22. The molecule has 0 aliphatic heterocycles. The van der Waals surface area contributed by atoms with Crippen molar-refractivity contribution >= 4 is 22.5 Å². The number of aromatic amines is 1. The summed E-state index contributed by atoms with van der Waals surface area (Å²) in [6, 6.07) is 17.6. The maximum absolute atomic E-state index is 13.2. The fourth-order valence-corrected chi connectivity index (χ4v) is 3.35. The fraction of sp³-hybridized carbons (Fsp3) is 0.167. The molecule has 2 aromatic heterocycles. The predicted octanol–water partition coefficient (Wildman–Crippen LogP) is 4.38. The second-order valence-corrected chi connectivity index (χ2v) is 6.87. The lowest BCUT2D eigenvalue weighted by Crippen LogP contribution is -2.32. The van der Waals surface area contributed by atoms with Gasteiger partial charge in [0.2, 0.25) is 0 Å². The topological polar surface area (TPSA) is 84.8 Å². The molecule has 7 nitrogen and oxygen atoms in total. The Morgan fingerprint density at radius 3 is 2.52 bits per heavy atom. The van der Waals surface area contributed by atoms with Crippen molar-refractivity contribution in [3.63, 3.8) is 0 Å². The van der Waals surface area contributed by atoms with Gasteiger partial charge in [-0.2, -0.15) is 0 Å².